The maximum absolute atomic E-state index is 12.4. The van der Waals surface area contributed by atoms with E-state index in [-0.39, 0.29) is 0 Å². The number of hydrogen-bond donors (Lipinski definition) is 0. The van der Waals surface area contributed by atoms with E-state index in [1.165, 1.54) is 18.9 Å². The summed E-state index contributed by atoms with van der Waals surface area (Å²) >= 11 is 0. The van der Waals surface area contributed by atoms with Gasteiger partial charge in [-0.1, -0.05) is 0 Å². The van der Waals surface area contributed by atoms with Crippen molar-refractivity contribution < 1.29 is 13.2 Å². The Hall–Kier alpha value is -1.10. The molecule has 112 valence electrons. The van der Waals surface area contributed by atoms with Crippen LogP contribution in [0.2, 0.25) is 0 Å². The summed E-state index contributed by atoms with van der Waals surface area (Å²) in [5.41, 5.74) is 0.0856. The number of hydrogen-bond acceptors (Lipinski definition) is 2. The molecule has 0 aliphatic carbocycles. The first kappa shape index (κ1) is 15.3. The van der Waals surface area contributed by atoms with E-state index < -0.39 is 11.7 Å². The third-order valence-corrected chi connectivity index (χ3v) is 4.04. The van der Waals surface area contributed by atoms with Crippen LogP contribution < -0.4 is 0 Å². The van der Waals surface area contributed by atoms with Crippen LogP contribution in [0.5, 0.6) is 0 Å². The van der Waals surface area contributed by atoms with Crippen molar-refractivity contribution >= 4 is 0 Å². The molecule has 0 atom stereocenters. The Morgan fingerprint density at radius 2 is 1.95 bits per heavy atom. The molecule has 0 amide bonds. The van der Waals surface area contributed by atoms with Crippen LogP contribution in [0, 0.1) is 5.92 Å². The fourth-order valence-corrected chi connectivity index (χ4v) is 2.66. The number of pyridine rings is 1. The first-order chi connectivity index (χ1) is 9.45. The van der Waals surface area contributed by atoms with Crippen molar-refractivity contribution in [2.75, 3.05) is 20.1 Å². The van der Waals surface area contributed by atoms with Gasteiger partial charge in [-0.3, -0.25) is 4.98 Å². The second-order valence-electron chi connectivity index (χ2n) is 5.67. The molecule has 0 spiro atoms. The van der Waals surface area contributed by atoms with Gasteiger partial charge in [0.2, 0.25) is 0 Å². The topological polar surface area (TPSA) is 16.1 Å². The lowest BCUT2D eigenvalue weighted by Crippen LogP contribution is -2.30. The molecule has 1 aromatic rings. The van der Waals surface area contributed by atoms with Gasteiger partial charge in [0.1, 0.15) is 0 Å². The van der Waals surface area contributed by atoms with Gasteiger partial charge in [-0.15, -0.1) is 0 Å². The number of nitrogens with zero attached hydrogens (tertiary/aromatic N) is 2. The van der Waals surface area contributed by atoms with Crippen molar-refractivity contribution in [3.8, 4) is 0 Å². The molecule has 1 aromatic heterocycles. The Morgan fingerprint density at radius 1 is 1.25 bits per heavy atom. The first-order valence-corrected chi connectivity index (χ1v) is 7.16. The molecule has 20 heavy (non-hydrogen) atoms. The Kier molecular flexibility index (Phi) is 5.02. The predicted molar refractivity (Wildman–Crippen MR) is 72.4 cm³/mol. The first-order valence-electron chi connectivity index (χ1n) is 7.16. The Morgan fingerprint density at radius 3 is 2.50 bits per heavy atom. The molecule has 0 saturated carbocycles. The summed E-state index contributed by atoms with van der Waals surface area (Å²) in [6, 6.07) is 2.62. The highest BCUT2D eigenvalue weighted by molar-refractivity contribution is 5.16. The molecule has 0 bridgehead atoms. The van der Waals surface area contributed by atoms with Crippen LogP contribution in [0.4, 0.5) is 13.2 Å². The van der Waals surface area contributed by atoms with Crippen molar-refractivity contribution in [1.82, 2.24) is 9.88 Å². The summed E-state index contributed by atoms with van der Waals surface area (Å²) in [6.07, 6.45) is 2.03. The molecule has 0 unspecified atom stereocenters. The minimum atomic E-state index is -4.29. The van der Waals surface area contributed by atoms with E-state index in [1.807, 2.05) is 0 Å². The molecule has 5 heteroatoms. The molecule has 1 fully saturated rings. The zero-order valence-electron chi connectivity index (χ0n) is 11.8. The summed E-state index contributed by atoms with van der Waals surface area (Å²) in [6.45, 7) is 2.31. The van der Waals surface area contributed by atoms with Gasteiger partial charge in [-0.2, -0.15) is 13.2 Å². The Labute approximate surface area is 118 Å². The average molecular weight is 286 g/mol. The van der Waals surface area contributed by atoms with E-state index in [2.05, 4.69) is 16.9 Å². The van der Waals surface area contributed by atoms with Gasteiger partial charge < -0.3 is 4.90 Å². The van der Waals surface area contributed by atoms with Crippen LogP contribution in [0.3, 0.4) is 0 Å². The van der Waals surface area contributed by atoms with Gasteiger partial charge in [0.15, 0.2) is 0 Å². The number of piperidine rings is 1. The SMILES string of the molecule is CN1CCC(CCCc2ccc(C(F)(F)F)cn2)CC1. The van der Waals surface area contributed by atoms with Gasteiger partial charge in [0.05, 0.1) is 5.56 Å². The lowest BCUT2D eigenvalue weighted by Gasteiger charge is -2.28. The predicted octanol–water partition coefficient (Wildman–Crippen LogP) is 3.76. The zero-order chi connectivity index (χ0) is 14.6. The molecule has 1 aliphatic rings. The zero-order valence-corrected chi connectivity index (χ0v) is 11.8. The minimum Gasteiger partial charge on any atom is -0.306 e. The van der Waals surface area contributed by atoms with E-state index >= 15 is 0 Å². The van der Waals surface area contributed by atoms with Crippen LogP contribution in [-0.2, 0) is 12.6 Å². The highest BCUT2D eigenvalue weighted by atomic mass is 19.4. The van der Waals surface area contributed by atoms with Crippen molar-refractivity contribution in [2.24, 2.45) is 5.92 Å². The number of likely N-dealkylation sites (tertiary alicyclic amines) is 1. The number of alkyl halides is 3. The van der Waals surface area contributed by atoms with Crippen LogP contribution >= 0.6 is 0 Å². The van der Waals surface area contributed by atoms with Gasteiger partial charge in [0.25, 0.3) is 0 Å². The Balaban J connectivity index is 1.74. The van der Waals surface area contributed by atoms with Crippen molar-refractivity contribution in [1.29, 1.82) is 0 Å². The lowest BCUT2D eigenvalue weighted by atomic mass is 9.91. The quantitative estimate of drug-likeness (QED) is 0.837. The molecular weight excluding hydrogens is 265 g/mol. The van der Waals surface area contributed by atoms with E-state index in [9.17, 15) is 13.2 Å². The smallest absolute Gasteiger partial charge is 0.306 e. The van der Waals surface area contributed by atoms with Crippen molar-refractivity contribution in [3.05, 3.63) is 29.6 Å². The van der Waals surface area contributed by atoms with E-state index in [0.717, 1.165) is 56.2 Å². The fourth-order valence-electron chi connectivity index (χ4n) is 2.66. The summed E-state index contributed by atoms with van der Waals surface area (Å²) < 4.78 is 37.2. The van der Waals surface area contributed by atoms with Crippen molar-refractivity contribution in [3.63, 3.8) is 0 Å². The van der Waals surface area contributed by atoms with Crippen LogP contribution in [0.1, 0.15) is 36.9 Å². The lowest BCUT2D eigenvalue weighted by molar-refractivity contribution is -0.137. The average Bonchev–Trinajstić information content (AvgIpc) is 2.41. The summed E-state index contributed by atoms with van der Waals surface area (Å²) in [5, 5.41) is 0. The second-order valence-corrected chi connectivity index (χ2v) is 5.67. The molecule has 2 rings (SSSR count). The maximum Gasteiger partial charge on any atom is 0.417 e. The molecule has 2 heterocycles. The van der Waals surface area contributed by atoms with Crippen molar-refractivity contribution in [2.45, 2.75) is 38.3 Å². The van der Waals surface area contributed by atoms with Gasteiger partial charge in [-0.05, 0) is 70.3 Å². The fraction of sp³-hybridized carbons (Fsp3) is 0.667. The minimum absolute atomic E-state index is 0.670. The highest BCUT2D eigenvalue weighted by Crippen LogP contribution is 2.28. The third kappa shape index (κ3) is 4.47. The van der Waals surface area contributed by atoms with Gasteiger partial charge in [-0.25, -0.2) is 0 Å². The molecule has 0 N–H and O–H groups in total. The molecular formula is C15H21F3N2. The van der Waals surface area contributed by atoms with Gasteiger partial charge in [0, 0.05) is 11.9 Å². The summed E-state index contributed by atoms with van der Waals surface area (Å²) in [5.74, 6) is 0.764. The molecule has 0 aromatic carbocycles. The number of aromatic nitrogens is 1. The highest BCUT2D eigenvalue weighted by Gasteiger charge is 2.30. The monoisotopic (exact) mass is 286 g/mol. The largest absolute Gasteiger partial charge is 0.417 e. The van der Waals surface area contributed by atoms with Gasteiger partial charge >= 0.3 is 6.18 Å². The summed E-state index contributed by atoms with van der Waals surface area (Å²) in [7, 11) is 2.14. The van der Waals surface area contributed by atoms with Crippen LogP contribution in [0.25, 0.3) is 0 Å². The number of halogens is 3. The molecule has 1 aliphatic heterocycles. The molecule has 1 saturated heterocycles. The third-order valence-electron chi connectivity index (χ3n) is 4.04. The Bertz CT molecular complexity index is 406. The van der Waals surface area contributed by atoms with Crippen LogP contribution in [0.15, 0.2) is 18.3 Å². The van der Waals surface area contributed by atoms with Crippen LogP contribution in [-0.4, -0.2) is 30.0 Å². The molecule has 2 nitrogen and oxygen atoms in total. The number of aryl methyl sites for hydroxylation is 1. The van der Waals surface area contributed by atoms with E-state index in [1.54, 1.807) is 0 Å². The second kappa shape index (κ2) is 6.57. The standard InChI is InChI=1S/C15H21F3N2/c1-20-9-7-12(8-10-20)3-2-4-14-6-5-13(11-19-14)15(16,17)18/h5-6,11-12H,2-4,7-10H2,1H3. The van der Waals surface area contributed by atoms with E-state index in [4.69, 9.17) is 0 Å². The molecule has 0 radical (unpaired) electrons. The van der Waals surface area contributed by atoms with E-state index in [0.29, 0.717) is 0 Å². The summed E-state index contributed by atoms with van der Waals surface area (Å²) in [4.78, 5) is 6.25. The maximum atomic E-state index is 12.4. The normalized spacial score (nSPS) is 18.4. The number of rotatable bonds is 4.